The summed E-state index contributed by atoms with van der Waals surface area (Å²) in [5, 5.41) is 3.51. The monoisotopic (exact) mass is 286 g/mol. The minimum absolute atomic E-state index is 0.172. The number of rotatable bonds is 6. The van der Waals surface area contributed by atoms with Gasteiger partial charge < -0.3 is 19.9 Å². The Morgan fingerprint density at radius 2 is 2.53 bits per heavy atom. The molecule has 0 amide bonds. The third kappa shape index (κ3) is 3.46. The van der Waals surface area contributed by atoms with Crippen molar-refractivity contribution in [2.45, 2.75) is 18.9 Å². The molecule has 1 saturated heterocycles. The second kappa shape index (κ2) is 6.88. The molecule has 0 spiro atoms. The molecule has 0 aromatic carbocycles. The Balaban J connectivity index is 2.02. The highest BCUT2D eigenvalue weighted by Crippen LogP contribution is 2.26. The van der Waals surface area contributed by atoms with E-state index in [1.165, 1.54) is 6.33 Å². The number of hydrogen-bond acceptors (Lipinski definition) is 5. The number of H-pyrrole nitrogens is 1. The van der Waals surface area contributed by atoms with E-state index in [2.05, 4.69) is 20.2 Å². The third-order valence-corrected chi connectivity index (χ3v) is 3.63. The SMILES string of the molecule is COCCNCC1CCCN1c1nc[nH]c(=O)c1Cl. The van der Waals surface area contributed by atoms with Crippen LogP contribution < -0.4 is 15.8 Å². The first-order valence-corrected chi connectivity index (χ1v) is 6.81. The molecule has 2 rings (SSSR count). The molecule has 6 nitrogen and oxygen atoms in total. The summed E-state index contributed by atoms with van der Waals surface area (Å²) >= 11 is 6.03. The van der Waals surface area contributed by atoms with Crippen LogP contribution in [0, 0.1) is 0 Å². The molecule has 1 aromatic heterocycles. The Morgan fingerprint density at radius 1 is 1.68 bits per heavy atom. The third-order valence-electron chi connectivity index (χ3n) is 3.29. The van der Waals surface area contributed by atoms with E-state index in [0.717, 1.165) is 32.5 Å². The molecule has 1 aliphatic heterocycles. The van der Waals surface area contributed by atoms with Gasteiger partial charge in [0.1, 0.15) is 5.02 Å². The van der Waals surface area contributed by atoms with E-state index in [4.69, 9.17) is 16.3 Å². The minimum Gasteiger partial charge on any atom is -0.383 e. The standard InChI is InChI=1S/C12H19ClN4O2/c1-19-6-4-14-7-9-3-2-5-17(9)11-10(13)12(18)16-8-15-11/h8-9,14H,2-7H2,1H3,(H,15,16,18). The van der Waals surface area contributed by atoms with Crippen molar-refractivity contribution >= 4 is 17.4 Å². The molecule has 1 atom stereocenters. The zero-order valence-corrected chi connectivity index (χ0v) is 11.7. The average molecular weight is 287 g/mol. The van der Waals surface area contributed by atoms with E-state index in [0.29, 0.717) is 18.5 Å². The summed E-state index contributed by atoms with van der Waals surface area (Å²) in [6.45, 7) is 3.23. The number of halogens is 1. The first kappa shape index (κ1) is 14.3. The number of ether oxygens (including phenoxy) is 1. The van der Waals surface area contributed by atoms with Crippen molar-refractivity contribution in [2.75, 3.05) is 38.3 Å². The smallest absolute Gasteiger partial charge is 0.271 e. The molecule has 7 heteroatoms. The van der Waals surface area contributed by atoms with Gasteiger partial charge in [0, 0.05) is 32.8 Å². The van der Waals surface area contributed by atoms with Gasteiger partial charge in [-0.2, -0.15) is 0 Å². The first-order chi connectivity index (χ1) is 9.24. The second-order valence-corrected chi connectivity index (χ2v) is 4.93. The van der Waals surface area contributed by atoms with Crippen LogP contribution in [0.4, 0.5) is 5.82 Å². The van der Waals surface area contributed by atoms with Crippen LogP contribution in [0.2, 0.25) is 5.02 Å². The van der Waals surface area contributed by atoms with Crippen molar-refractivity contribution < 1.29 is 4.74 Å². The van der Waals surface area contributed by atoms with Crippen LogP contribution in [0.15, 0.2) is 11.1 Å². The van der Waals surface area contributed by atoms with E-state index < -0.39 is 0 Å². The van der Waals surface area contributed by atoms with Crippen LogP contribution in [-0.4, -0.2) is 49.4 Å². The van der Waals surface area contributed by atoms with Gasteiger partial charge in [-0.05, 0) is 12.8 Å². The summed E-state index contributed by atoms with van der Waals surface area (Å²) in [5.41, 5.74) is -0.287. The van der Waals surface area contributed by atoms with Crippen molar-refractivity contribution in [2.24, 2.45) is 0 Å². The Kier molecular flexibility index (Phi) is 5.18. The number of nitrogens with one attached hydrogen (secondary N) is 2. The number of aromatic nitrogens is 2. The average Bonchev–Trinajstić information content (AvgIpc) is 2.86. The number of hydrogen-bond donors (Lipinski definition) is 2. The molecular formula is C12H19ClN4O2. The molecule has 1 aliphatic rings. The fourth-order valence-electron chi connectivity index (χ4n) is 2.34. The summed E-state index contributed by atoms with van der Waals surface area (Å²) in [6, 6.07) is 0.323. The number of nitrogens with zero attached hydrogens (tertiary/aromatic N) is 2. The zero-order valence-electron chi connectivity index (χ0n) is 11.0. The van der Waals surface area contributed by atoms with E-state index in [1.807, 2.05) is 0 Å². The quantitative estimate of drug-likeness (QED) is 0.751. The molecule has 1 unspecified atom stereocenters. The highest BCUT2D eigenvalue weighted by atomic mass is 35.5. The molecule has 19 heavy (non-hydrogen) atoms. The Labute approximate surface area is 117 Å². The van der Waals surface area contributed by atoms with Crippen LogP contribution in [0.3, 0.4) is 0 Å². The predicted octanol–water partition coefficient (Wildman–Crippen LogP) is 0.628. The molecule has 1 aromatic rings. The minimum atomic E-state index is -0.287. The molecule has 2 N–H and O–H groups in total. The van der Waals surface area contributed by atoms with Crippen LogP contribution >= 0.6 is 11.6 Å². The first-order valence-electron chi connectivity index (χ1n) is 6.43. The zero-order chi connectivity index (χ0) is 13.7. The van der Waals surface area contributed by atoms with Crippen molar-refractivity contribution in [1.82, 2.24) is 15.3 Å². The van der Waals surface area contributed by atoms with E-state index in [-0.39, 0.29) is 10.6 Å². The van der Waals surface area contributed by atoms with Crippen molar-refractivity contribution in [3.63, 3.8) is 0 Å². The van der Waals surface area contributed by atoms with Gasteiger partial charge in [0.15, 0.2) is 5.82 Å². The molecule has 106 valence electrons. The maximum atomic E-state index is 11.5. The van der Waals surface area contributed by atoms with Crippen LogP contribution in [0.25, 0.3) is 0 Å². The van der Waals surface area contributed by atoms with Gasteiger partial charge in [0.05, 0.1) is 12.9 Å². The fourth-order valence-corrected chi connectivity index (χ4v) is 2.56. The van der Waals surface area contributed by atoms with E-state index in [1.54, 1.807) is 7.11 Å². The van der Waals surface area contributed by atoms with Crippen LogP contribution in [-0.2, 0) is 4.74 Å². The van der Waals surface area contributed by atoms with Gasteiger partial charge in [-0.25, -0.2) is 4.98 Å². The summed E-state index contributed by atoms with van der Waals surface area (Å²) in [7, 11) is 1.68. The largest absolute Gasteiger partial charge is 0.383 e. The maximum absolute atomic E-state index is 11.5. The second-order valence-electron chi connectivity index (χ2n) is 4.56. The fraction of sp³-hybridized carbons (Fsp3) is 0.667. The van der Waals surface area contributed by atoms with E-state index >= 15 is 0 Å². The van der Waals surface area contributed by atoms with Crippen molar-refractivity contribution in [3.05, 3.63) is 21.7 Å². The lowest BCUT2D eigenvalue weighted by atomic mass is 10.2. The molecule has 0 bridgehead atoms. The number of anilines is 1. The molecule has 0 saturated carbocycles. The molecule has 2 heterocycles. The summed E-state index contributed by atoms with van der Waals surface area (Å²) in [4.78, 5) is 20.3. The molecule has 0 aliphatic carbocycles. The van der Waals surface area contributed by atoms with Gasteiger partial charge in [0.2, 0.25) is 0 Å². The lowest BCUT2D eigenvalue weighted by molar-refractivity contribution is 0.199. The van der Waals surface area contributed by atoms with Crippen LogP contribution in [0.1, 0.15) is 12.8 Å². The van der Waals surface area contributed by atoms with Crippen LogP contribution in [0.5, 0.6) is 0 Å². The maximum Gasteiger partial charge on any atom is 0.271 e. The number of aromatic amines is 1. The lowest BCUT2D eigenvalue weighted by Crippen LogP contribution is -2.40. The molecule has 0 radical (unpaired) electrons. The Bertz CT molecular complexity index is 465. The highest BCUT2D eigenvalue weighted by Gasteiger charge is 2.27. The van der Waals surface area contributed by atoms with Crippen molar-refractivity contribution in [3.8, 4) is 0 Å². The lowest BCUT2D eigenvalue weighted by Gasteiger charge is -2.26. The van der Waals surface area contributed by atoms with Gasteiger partial charge in [-0.1, -0.05) is 11.6 Å². The summed E-state index contributed by atoms with van der Waals surface area (Å²) in [5.74, 6) is 0.585. The van der Waals surface area contributed by atoms with Crippen molar-refractivity contribution in [1.29, 1.82) is 0 Å². The topological polar surface area (TPSA) is 70.2 Å². The normalized spacial score (nSPS) is 19.1. The van der Waals surface area contributed by atoms with E-state index in [9.17, 15) is 4.79 Å². The summed E-state index contributed by atoms with van der Waals surface area (Å²) < 4.78 is 5.00. The number of methoxy groups -OCH3 is 1. The Morgan fingerprint density at radius 3 is 3.32 bits per heavy atom. The van der Waals surface area contributed by atoms with Gasteiger partial charge in [0.25, 0.3) is 5.56 Å². The predicted molar refractivity (Wildman–Crippen MR) is 75.0 cm³/mol. The van der Waals surface area contributed by atoms with Gasteiger partial charge >= 0.3 is 0 Å². The molecule has 1 fully saturated rings. The Hall–Kier alpha value is -1.11. The molecular weight excluding hydrogens is 268 g/mol. The van der Waals surface area contributed by atoms with Gasteiger partial charge in [-0.15, -0.1) is 0 Å². The highest BCUT2D eigenvalue weighted by molar-refractivity contribution is 6.32. The van der Waals surface area contributed by atoms with Gasteiger partial charge in [-0.3, -0.25) is 4.79 Å². The summed E-state index contributed by atoms with van der Waals surface area (Å²) in [6.07, 6.45) is 3.56.